The molecule has 7 heteroatoms. The van der Waals surface area contributed by atoms with Crippen LogP contribution < -0.4 is 5.32 Å². The minimum atomic E-state index is -0.604. The van der Waals surface area contributed by atoms with Crippen LogP contribution in [0.5, 0.6) is 0 Å². The summed E-state index contributed by atoms with van der Waals surface area (Å²) in [7, 11) is 0. The molecule has 2 aliphatic rings. The van der Waals surface area contributed by atoms with E-state index < -0.39 is 5.60 Å². The van der Waals surface area contributed by atoms with Gasteiger partial charge in [0, 0.05) is 23.8 Å². The Bertz CT molecular complexity index is 1190. The number of nitrogens with one attached hydrogen (secondary N) is 1. The SMILES string of the molecule is CC1(C)OC(=O)N(C2CCC(NC(=O)c3ccnc(-c4ccccc4)n3)CC2)[C@H]1c1ccccc1. The third kappa shape index (κ3) is 4.76. The average Bonchev–Trinajstić information content (AvgIpc) is 3.13. The van der Waals surface area contributed by atoms with Crippen LogP contribution in [0, 0.1) is 0 Å². The topological polar surface area (TPSA) is 84.4 Å². The van der Waals surface area contributed by atoms with Crippen LogP contribution in [0.1, 0.15) is 61.6 Å². The zero-order valence-corrected chi connectivity index (χ0v) is 20.1. The highest BCUT2D eigenvalue weighted by atomic mass is 16.6. The number of ether oxygens (including phenoxy) is 1. The maximum absolute atomic E-state index is 12.9. The molecule has 7 nitrogen and oxygen atoms in total. The van der Waals surface area contributed by atoms with Crippen molar-refractivity contribution in [3.8, 4) is 11.4 Å². The Labute approximate surface area is 205 Å². The monoisotopic (exact) mass is 470 g/mol. The standard InChI is InChI=1S/C28H30N4O3/c1-28(2)24(19-9-5-3-6-10-19)32(27(34)35-28)22-15-13-21(14-16-22)30-26(33)23-17-18-29-25(31-23)20-11-7-4-8-12-20/h3-12,17-18,21-22,24H,13-16H2,1-2H3,(H,30,33)/t21?,22?,24-/m0/s1. The summed E-state index contributed by atoms with van der Waals surface area (Å²) in [5.41, 5.74) is 1.70. The van der Waals surface area contributed by atoms with Crippen LogP contribution in [0.15, 0.2) is 72.9 Å². The van der Waals surface area contributed by atoms with Crippen molar-refractivity contribution in [2.45, 2.75) is 63.3 Å². The minimum Gasteiger partial charge on any atom is -0.441 e. The first-order chi connectivity index (χ1) is 16.9. The van der Waals surface area contributed by atoms with Crippen LogP contribution in [0.2, 0.25) is 0 Å². The number of amides is 2. The molecule has 1 atom stereocenters. The van der Waals surface area contributed by atoms with Crippen molar-refractivity contribution in [2.75, 3.05) is 0 Å². The Balaban J connectivity index is 1.24. The molecule has 2 amide bonds. The molecule has 1 aliphatic heterocycles. The van der Waals surface area contributed by atoms with Crippen LogP contribution in [-0.4, -0.2) is 44.6 Å². The van der Waals surface area contributed by atoms with Gasteiger partial charge in [0.05, 0.1) is 6.04 Å². The molecule has 0 spiro atoms. The summed E-state index contributed by atoms with van der Waals surface area (Å²) >= 11 is 0. The highest BCUT2D eigenvalue weighted by Crippen LogP contribution is 2.44. The van der Waals surface area contributed by atoms with Gasteiger partial charge in [-0.3, -0.25) is 9.69 Å². The molecule has 5 rings (SSSR count). The smallest absolute Gasteiger partial charge is 0.411 e. The Morgan fingerprint density at radius 2 is 1.63 bits per heavy atom. The number of benzene rings is 2. The highest BCUT2D eigenvalue weighted by Gasteiger charge is 2.51. The lowest BCUT2D eigenvalue weighted by molar-refractivity contribution is 0.0663. The molecule has 1 aliphatic carbocycles. The number of nitrogens with zero attached hydrogens (tertiary/aromatic N) is 3. The third-order valence-corrected chi connectivity index (χ3v) is 6.96. The summed E-state index contributed by atoms with van der Waals surface area (Å²) in [6.07, 6.45) is 4.55. The highest BCUT2D eigenvalue weighted by molar-refractivity contribution is 5.92. The number of cyclic esters (lactones) is 1. The van der Waals surface area contributed by atoms with Gasteiger partial charge in [0.15, 0.2) is 5.82 Å². The second-order valence-corrected chi connectivity index (χ2v) is 9.80. The van der Waals surface area contributed by atoms with E-state index in [1.807, 2.05) is 67.3 Å². The predicted molar refractivity (Wildman–Crippen MR) is 133 cm³/mol. The lowest BCUT2D eigenvalue weighted by Crippen LogP contribution is -2.46. The number of hydrogen-bond donors (Lipinski definition) is 1. The quantitative estimate of drug-likeness (QED) is 0.557. The molecule has 1 aromatic heterocycles. The maximum atomic E-state index is 12.9. The molecule has 35 heavy (non-hydrogen) atoms. The molecule has 1 N–H and O–H groups in total. The van der Waals surface area contributed by atoms with Gasteiger partial charge in [-0.25, -0.2) is 14.8 Å². The summed E-state index contributed by atoms with van der Waals surface area (Å²) in [4.78, 5) is 36.5. The van der Waals surface area contributed by atoms with E-state index in [1.54, 1.807) is 12.3 Å². The Kier molecular flexibility index (Phi) is 6.24. The van der Waals surface area contributed by atoms with E-state index >= 15 is 0 Å². The lowest BCUT2D eigenvalue weighted by atomic mass is 9.86. The Morgan fingerprint density at radius 1 is 0.971 bits per heavy atom. The van der Waals surface area contributed by atoms with Gasteiger partial charge >= 0.3 is 6.09 Å². The van der Waals surface area contributed by atoms with Crippen molar-refractivity contribution in [2.24, 2.45) is 0 Å². The van der Waals surface area contributed by atoms with E-state index in [0.717, 1.165) is 36.8 Å². The molecule has 3 aromatic rings. The van der Waals surface area contributed by atoms with Crippen LogP contribution in [0.4, 0.5) is 4.79 Å². The molecule has 2 aromatic carbocycles. The van der Waals surface area contributed by atoms with E-state index in [9.17, 15) is 9.59 Å². The molecule has 1 saturated heterocycles. The second kappa shape index (κ2) is 9.49. The van der Waals surface area contributed by atoms with Crippen molar-refractivity contribution in [1.29, 1.82) is 0 Å². The van der Waals surface area contributed by atoms with Crippen LogP contribution in [0.25, 0.3) is 11.4 Å². The summed E-state index contributed by atoms with van der Waals surface area (Å²) in [5, 5.41) is 3.13. The molecular formula is C28H30N4O3. The predicted octanol–water partition coefficient (Wildman–Crippen LogP) is 5.16. The number of rotatable bonds is 5. The van der Waals surface area contributed by atoms with Gasteiger partial charge < -0.3 is 10.1 Å². The van der Waals surface area contributed by atoms with Gasteiger partial charge in [0.2, 0.25) is 0 Å². The number of carbonyl (C=O) groups excluding carboxylic acids is 2. The summed E-state index contributed by atoms with van der Waals surface area (Å²) < 4.78 is 5.78. The van der Waals surface area contributed by atoms with Crippen LogP contribution in [0.3, 0.4) is 0 Å². The van der Waals surface area contributed by atoms with Gasteiger partial charge in [-0.1, -0.05) is 60.7 Å². The van der Waals surface area contributed by atoms with E-state index in [1.165, 1.54) is 0 Å². The molecule has 0 bridgehead atoms. The third-order valence-electron chi connectivity index (χ3n) is 6.96. The molecular weight excluding hydrogens is 440 g/mol. The van der Waals surface area contributed by atoms with Crippen molar-refractivity contribution in [3.63, 3.8) is 0 Å². The Hall–Kier alpha value is -3.74. The fourth-order valence-corrected chi connectivity index (χ4v) is 5.30. The van der Waals surface area contributed by atoms with E-state index in [-0.39, 0.29) is 30.1 Å². The molecule has 0 unspecified atom stereocenters. The number of hydrogen-bond acceptors (Lipinski definition) is 5. The summed E-state index contributed by atoms with van der Waals surface area (Å²) in [5.74, 6) is 0.334. The fraction of sp³-hybridized carbons (Fsp3) is 0.357. The van der Waals surface area contributed by atoms with Crippen molar-refractivity contribution < 1.29 is 14.3 Å². The molecule has 2 fully saturated rings. The minimum absolute atomic E-state index is 0.0377. The zero-order chi connectivity index (χ0) is 24.4. The van der Waals surface area contributed by atoms with Crippen molar-refractivity contribution in [1.82, 2.24) is 20.2 Å². The normalized spacial score (nSPS) is 23.5. The van der Waals surface area contributed by atoms with Gasteiger partial charge in [-0.05, 0) is 51.2 Å². The van der Waals surface area contributed by atoms with Gasteiger partial charge in [0.1, 0.15) is 11.3 Å². The Morgan fingerprint density at radius 3 is 2.31 bits per heavy atom. The molecule has 1 saturated carbocycles. The first-order valence-electron chi connectivity index (χ1n) is 12.2. The zero-order valence-electron chi connectivity index (χ0n) is 20.1. The van der Waals surface area contributed by atoms with Crippen molar-refractivity contribution >= 4 is 12.0 Å². The largest absolute Gasteiger partial charge is 0.441 e. The first-order valence-corrected chi connectivity index (χ1v) is 12.2. The summed E-state index contributed by atoms with van der Waals surface area (Å²) in [6, 6.07) is 21.3. The van der Waals surface area contributed by atoms with E-state index in [0.29, 0.717) is 11.5 Å². The lowest BCUT2D eigenvalue weighted by Gasteiger charge is -2.38. The number of aromatic nitrogens is 2. The fourth-order valence-electron chi connectivity index (χ4n) is 5.30. The molecule has 180 valence electrons. The number of carbonyl (C=O) groups is 2. The van der Waals surface area contributed by atoms with Crippen LogP contribution >= 0.6 is 0 Å². The molecule has 2 heterocycles. The first kappa shape index (κ1) is 23.0. The average molecular weight is 471 g/mol. The van der Waals surface area contributed by atoms with Gasteiger partial charge in [-0.2, -0.15) is 0 Å². The second-order valence-electron chi connectivity index (χ2n) is 9.80. The van der Waals surface area contributed by atoms with Crippen molar-refractivity contribution in [3.05, 3.63) is 84.2 Å². The van der Waals surface area contributed by atoms with Crippen LogP contribution in [-0.2, 0) is 4.74 Å². The summed E-state index contributed by atoms with van der Waals surface area (Å²) in [6.45, 7) is 3.94. The van der Waals surface area contributed by atoms with E-state index in [2.05, 4.69) is 27.4 Å². The van der Waals surface area contributed by atoms with E-state index in [4.69, 9.17) is 4.74 Å². The van der Waals surface area contributed by atoms with Gasteiger partial charge in [0.25, 0.3) is 5.91 Å². The maximum Gasteiger partial charge on any atom is 0.411 e. The molecule has 0 radical (unpaired) electrons. The van der Waals surface area contributed by atoms with Gasteiger partial charge in [-0.15, -0.1) is 0 Å².